The third kappa shape index (κ3) is 3.05. The van der Waals surface area contributed by atoms with Crippen molar-refractivity contribution in [2.75, 3.05) is 0 Å². The van der Waals surface area contributed by atoms with Gasteiger partial charge in [0.2, 0.25) is 5.76 Å². The summed E-state index contributed by atoms with van der Waals surface area (Å²) >= 11 is 0. The largest absolute Gasteiger partial charge is 1.00 e. The molecule has 0 radical (unpaired) electrons. The predicted octanol–water partition coefficient (Wildman–Crippen LogP) is -0.600. The molecule has 0 bridgehead atoms. The quantitative estimate of drug-likeness (QED) is 0.762. The molecule has 0 saturated heterocycles. The Morgan fingerprint density at radius 3 is 2.57 bits per heavy atom. The average molecular weight is 324 g/mol. The Bertz CT molecular complexity index is 822. The topological polar surface area (TPSA) is 90.6 Å². The zero-order valence-corrected chi connectivity index (χ0v) is 15.4. The van der Waals surface area contributed by atoms with Gasteiger partial charge in [-0.1, -0.05) is 24.7 Å². The molecule has 0 atom stereocenters. The Morgan fingerprint density at radius 1 is 1.30 bits per heavy atom. The zero-order chi connectivity index (χ0) is 15.9. The van der Waals surface area contributed by atoms with Gasteiger partial charge in [0.1, 0.15) is 5.58 Å². The minimum atomic E-state index is -1.30. The number of benzene rings is 1. The van der Waals surface area contributed by atoms with Gasteiger partial charge < -0.3 is 14.6 Å². The predicted molar refractivity (Wildman–Crippen MR) is 79.5 cm³/mol. The van der Waals surface area contributed by atoms with E-state index in [1.807, 2.05) is 6.92 Å². The first-order chi connectivity index (χ1) is 10.5. The maximum atomic E-state index is 12.6. The fourth-order valence-corrected chi connectivity index (χ4v) is 3.32. The van der Waals surface area contributed by atoms with Gasteiger partial charge in [-0.25, -0.2) is 4.79 Å². The van der Waals surface area contributed by atoms with E-state index < -0.39 is 17.2 Å². The molecular weight excluding hydrogens is 307 g/mol. The molecule has 2 aromatic rings. The SMILES string of the molecule is CCCc1c2c(c([O-])c3c(=O)cc(C(=O)O)oc13)CCCC2.[Na+]. The van der Waals surface area contributed by atoms with Crippen LogP contribution in [0, 0.1) is 0 Å². The standard InChI is InChI=1S/C17H18O5.Na/c1-2-5-11-9-6-3-4-7-10(9)15(19)14-12(18)8-13(17(20)21)22-16(11)14;/h8,19H,2-7H2,1H3,(H,20,21);/q;+1/p-1. The number of aromatic carboxylic acids is 1. The summed E-state index contributed by atoms with van der Waals surface area (Å²) in [4.78, 5) is 23.4. The Morgan fingerprint density at radius 2 is 1.96 bits per heavy atom. The molecule has 1 aliphatic rings. The van der Waals surface area contributed by atoms with Gasteiger partial charge >= 0.3 is 35.5 Å². The third-order valence-electron chi connectivity index (χ3n) is 4.27. The molecule has 3 rings (SSSR count). The van der Waals surface area contributed by atoms with Gasteiger partial charge in [-0.2, -0.15) is 0 Å². The number of carboxylic acid groups (broad SMARTS) is 1. The second-order valence-corrected chi connectivity index (χ2v) is 5.71. The maximum Gasteiger partial charge on any atom is 1.00 e. The zero-order valence-electron chi connectivity index (χ0n) is 13.4. The molecular formula is C17H17NaO5. The van der Waals surface area contributed by atoms with Crippen LogP contribution in [0.1, 0.15) is 53.4 Å². The van der Waals surface area contributed by atoms with Crippen LogP contribution in [0.2, 0.25) is 0 Å². The molecule has 1 aromatic heterocycles. The van der Waals surface area contributed by atoms with Crippen LogP contribution in [0.4, 0.5) is 0 Å². The first kappa shape index (κ1) is 18.0. The Kier molecular flexibility index (Phi) is 5.55. The molecule has 0 fully saturated rings. The van der Waals surface area contributed by atoms with Crippen LogP contribution >= 0.6 is 0 Å². The third-order valence-corrected chi connectivity index (χ3v) is 4.27. The molecule has 5 nitrogen and oxygen atoms in total. The van der Waals surface area contributed by atoms with Crippen LogP contribution in [-0.4, -0.2) is 11.1 Å². The number of rotatable bonds is 3. The van der Waals surface area contributed by atoms with Crippen LogP contribution in [0.5, 0.6) is 5.75 Å². The summed E-state index contributed by atoms with van der Waals surface area (Å²) in [5.41, 5.74) is 2.15. The summed E-state index contributed by atoms with van der Waals surface area (Å²) < 4.78 is 5.44. The number of hydrogen-bond acceptors (Lipinski definition) is 4. The van der Waals surface area contributed by atoms with E-state index in [0.29, 0.717) is 12.8 Å². The summed E-state index contributed by atoms with van der Waals surface area (Å²) in [5.74, 6) is -1.99. The van der Waals surface area contributed by atoms with Crippen molar-refractivity contribution in [1.82, 2.24) is 0 Å². The molecule has 6 heteroatoms. The van der Waals surface area contributed by atoms with Crippen LogP contribution in [-0.2, 0) is 19.3 Å². The summed E-state index contributed by atoms with van der Waals surface area (Å²) in [6.45, 7) is 2.01. The summed E-state index contributed by atoms with van der Waals surface area (Å²) in [5, 5.41) is 21.7. The van der Waals surface area contributed by atoms with E-state index in [4.69, 9.17) is 9.52 Å². The molecule has 1 N–H and O–H groups in total. The molecule has 0 aliphatic heterocycles. The maximum absolute atomic E-state index is 12.6. The molecule has 116 valence electrons. The molecule has 0 saturated carbocycles. The van der Waals surface area contributed by atoms with E-state index in [1.165, 1.54) is 0 Å². The second kappa shape index (κ2) is 7.07. The number of fused-ring (bicyclic) bond motifs is 2. The van der Waals surface area contributed by atoms with Gasteiger partial charge in [0.05, 0.1) is 5.39 Å². The van der Waals surface area contributed by atoms with E-state index in [0.717, 1.165) is 48.4 Å². The van der Waals surface area contributed by atoms with Gasteiger partial charge in [-0.15, -0.1) is 0 Å². The Hall–Kier alpha value is -1.30. The number of carbonyl (C=O) groups is 1. The first-order valence-electron chi connectivity index (χ1n) is 7.59. The average Bonchev–Trinajstić information content (AvgIpc) is 2.50. The molecule has 0 amide bonds. The van der Waals surface area contributed by atoms with Crippen LogP contribution < -0.4 is 40.1 Å². The van der Waals surface area contributed by atoms with Gasteiger partial charge in [0.25, 0.3) is 0 Å². The van der Waals surface area contributed by atoms with E-state index in [2.05, 4.69) is 0 Å². The Balaban J connectivity index is 0.00000192. The fraction of sp³-hybridized carbons (Fsp3) is 0.412. The van der Waals surface area contributed by atoms with Crippen molar-refractivity contribution >= 4 is 16.9 Å². The van der Waals surface area contributed by atoms with Crippen molar-refractivity contribution in [3.05, 3.63) is 38.7 Å². The Labute approximate surface area is 155 Å². The van der Waals surface area contributed by atoms with Crippen molar-refractivity contribution in [2.24, 2.45) is 0 Å². The molecule has 1 aromatic carbocycles. The minimum Gasteiger partial charge on any atom is -0.872 e. The number of carboxylic acids is 1. The molecule has 1 heterocycles. The van der Waals surface area contributed by atoms with Crippen molar-refractivity contribution < 1.29 is 49.0 Å². The van der Waals surface area contributed by atoms with Crippen molar-refractivity contribution in [2.45, 2.75) is 45.4 Å². The van der Waals surface area contributed by atoms with Gasteiger partial charge in [-0.3, -0.25) is 4.79 Å². The van der Waals surface area contributed by atoms with E-state index >= 15 is 0 Å². The second-order valence-electron chi connectivity index (χ2n) is 5.71. The van der Waals surface area contributed by atoms with Crippen molar-refractivity contribution in [1.29, 1.82) is 0 Å². The van der Waals surface area contributed by atoms with Crippen LogP contribution in [0.25, 0.3) is 11.0 Å². The van der Waals surface area contributed by atoms with E-state index in [-0.39, 0.29) is 46.3 Å². The molecule has 0 spiro atoms. The van der Waals surface area contributed by atoms with Crippen molar-refractivity contribution in [3.8, 4) is 5.75 Å². The summed E-state index contributed by atoms with van der Waals surface area (Å²) in [6.07, 6.45) is 4.92. The summed E-state index contributed by atoms with van der Waals surface area (Å²) in [6, 6.07) is 0.900. The monoisotopic (exact) mass is 324 g/mol. The smallest absolute Gasteiger partial charge is 0.872 e. The van der Waals surface area contributed by atoms with Crippen molar-refractivity contribution in [3.63, 3.8) is 0 Å². The normalized spacial score (nSPS) is 13.4. The minimum absolute atomic E-state index is 0. The summed E-state index contributed by atoms with van der Waals surface area (Å²) in [7, 11) is 0. The number of aryl methyl sites for hydroxylation is 1. The molecule has 23 heavy (non-hydrogen) atoms. The van der Waals surface area contributed by atoms with Gasteiger partial charge in [-0.05, 0) is 43.2 Å². The number of hydrogen-bond donors (Lipinski definition) is 1. The first-order valence-corrected chi connectivity index (χ1v) is 7.59. The van der Waals surface area contributed by atoms with E-state index in [1.54, 1.807) is 0 Å². The molecule has 1 aliphatic carbocycles. The van der Waals surface area contributed by atoms with Gasteiger partial charge in [0, 0.05) is 6.07 Å². The van der Waals surface area contributed by atoms with Crippen LogP contribution in [0.3, 0.4) is 0 Å². The fourth-order valence-electron chi connectivity index (χ4n) is 3.32. The van der Waals surface area contributed by atoms with Gasteiger partial charge in [0.15, 0.2) is 5.43 Å². The van der Waals surface area contributed by atoms with E-state index in [9.17, 15) is 14.7 Å². The van der Waals surface area contributed by atoms with Crippen LogP contribution in [0.15, 0.2) is 15.3 Å². The molecule has 0 unspecified atom stereocenters.